The number of amides is 1. The molecule has 6 nitrogen and oxygen atoms in total. The second-order valence-corrected chi connectivity index (χ2v) is 9.14. The minimum Gasteiger partial charge on any atom is -0.461 e. The van der Waals surface area contributed by atoms with Crippen LogP contribution in [-0.4, -0.2) is 36.6 Å². The highest BCUT2D eigenvalue weighted by Crippen LogP contribution is 2.28. The van der Waals surface area contributed by atoms with Crippen LogP contribution in [0.4, 0.5) is 0 Å². The maximum atomic E-state index is 12.6. The Morgan fingerprint density at radius 2 is 1.70 bits per heavy atom. The molecule has 0 aliphatic carbocycles. The van der Waals surface area contributed by atoms with Crippen molar-refractivity contribution in [1.29, 1.82) is 0 Å². The Morgan fingerprint density at radius 3 is 2.20 bits per heavy atom. The van der Waals surface area contributed by atoms with Crippen LogP contribution >= 0.6 is 0 Å². The number of hydrogen-bond acceptors (Lipinski definition) is 5. The maximum absolute atomic E-state index is 12.6. The van der Waals surface area contributed by atoms with Crippen molar-refractivity contribution in [3.8, 4) is 0 Å². The van der Waals surface area contributed by atoms with Crippen molar-refractivity contribution in [2.75, 3.05) is 0 Å². The minimum atomic E-state index is -0.630. The third kappa shape index (κ3) is 10.4. The van der Waals surface area contributed by atoms with Gasteiger partial charge in [-0.15, -0.1) is 0 Å². The number of unbranched alkanes of at least 4 members (excludes halogenated alkanes) is 8. The van der Waals surface area contributed by atoms with E-state index in [1.54, 1.807) is 0 Å². The molecule has 1 amide bonds. The molecule has 1 aliphatic rings. The Labute approximate surface area is 182 Å². The van der Waals surface area contributed by atoms with Gasteiger partial charge in [-0.2, -0.15) is 0 Å². The van der Waals surface area contributed by atoms with E-state index in [-0.39, 0.29) is 30.0 Å². The summed E-state index contributed by atoms with van der Waals surface area (Å²) in [5, 5.41) is 2.58. The first-order chi connectivity index (χ1) is 14.4. The van der Waals surface area contributed by atoms with Crippen molar-refractivity contribution in [2.45, 2.75) is 123 Å². The van der Waals surface area contributed by atoms with Gasteiger partial charge in [0.15, 0.2) is 0 Å². The number of esters is 2. The average molecular weight is 426 g/mol. The molecule has 1 rings (SSSR count). The molecule has 3 unspecified atom stereocenters. The van der Waals surface area contributed by atoms with Gasteiger partial charge in [-0.1, -0.05) is 72.1 Å². The predicted molar refractivity (Wildman–Crippen MR) is 118 cm³/mol. The maximum Gasteiger partial charge on any atom is 0.328 e. The van der Waals surface area contributed by atoms with Gasteiger partial charge in [0, 0.05) is 6.42 Å². The van der Waals surface area contributed by atoms with Gasteiger partial charge < -0.3 is 14.8 Å². The third-order valence-electron chi connectivity index (χ3n) is 5.87. The van der Waals surface area contributed by atoms with Crippen LogP contribution in [0.25, 0.3) is 0 Å². The summed E-state index contributed by atoms with van der Waals surface area (Å²) in [6, 6.07) is -0.630. The zero-order chi connectivity index (χ0) is 22.4. The van der Waals surface area contributed by atoms with Crippen LogP contribution in [-0.2, 0) is 23.9 Å². The molecule has 0 spiro atoms. The van der Waals surface area contributed by atoms with Gasteiger partial charge in [-0.25, -0.2) is 4.79 Å². The van der Waals surface area contributed by atoms with Crippen molar-refractivity contribution >= 4 is 18.3 Å². The van der Waals surface area contributed by atoms with Gasteiger partial charge in [-0.05, 0) is 32.1 Å². The van der Waals surface area contributed by atoms with E-state index in [1.807, 2.05) is 20.8 Å². The minimum absolute atomic E-state index is 0.145. The summed E-state index contributed by atoms with van der Waals surface area (Å²) in [4.78, 5) is 34.9. The van der Waals surface area contributed by atoms with E-state index in [4.69, 9.17) is 9.47 Å². The molecule has 6 heteroatoms. The van der Waals surface area contributed by atoms with E-state index >= 15 is 0 Å². The number of rotatable bonds is 18. The molecule has 1 N–H and O–H groups in total. The molecule has 1 heterocycles. The Balaban J connectivity index is 2.44. The van der Waals surface area contributed by atoms with E-state index in [1.165, 1.54) is 44.9 Å². The summed E-state index contributed by atoms with van der Waals surface area (Å²) < 4.78 is 11.0. The Kier molecular flexibility index (Phi) is 13.4. The fourth-order valence-electron chi connectivity index (χ4n) is 3.89. The summed E-state index contributed by atoms with van der Waals surface area (Å²) in [5.41, 5.74) is 0. The summed E-state index contributed by atoms with van der Waals surface area (Å²) >= 11 is 0. The first kappa shape index (κ1) is 26.4. The van der Waals surface area contributed by atoms with E-state index < -0.39 is 12.0 Å². The van der Waals surface area contributed by atoms with Crippen LogP contribution in [0.3, 0.4) is 0 Å². The van der Waals surface area contributed by atoms with Gasteiger partial charge in [0.05, 0.1) is 5.92 Å². The monoisotopic (exact) mass is 425 g/mol. The van der Waals surface area contributed by atoms with Gasteiger partial charge in [0.25, 0.3) is 0 Å². The van der Waals surface area contributed by atoms with Crippen LogP contribution in [0.2, 0.25) is 0 Å². The molecule has 0 radical (unpaired) electrons. The lowest BCUT2D eigenvalue weighted by molar-refractivity contribution is -0.187. The zero-order valence-corrected chi connectivity index (χ0v) is 19.5. The molecule has 0 saturated carbocycles. The summed E-state index contributed by atoms with van der Waals surface area (Å²) in [5.74, 6) is -0.462. The van der Waals surface area contributed by atoms with Gasteiger partial charge in [-0.3, -0.25) is 9.59 Å². The van der Waals surface area contributed by atoms with Crippen LogP contribution in [0.5, 0.6) is 0 Å². The summed E-state index contributed by atoms with van der Waals surface area (Å²) in [6.45, 7) is 8.09. The number of cyclic esters (lactones) is 1. The van der Waals surface area contributed by atoms with E-state index in [0.29, 0.717) is 19.3 Å². The van der Waals surface area contributed by atoms with Crippen molar-refractivity contribution < 1.29 is 23.9 Å². The van der Waals surface area contributed by atoms with Gasteiger partial charge in [0.2, 0.25) is 6.41 Å². The third-order valence-corrected chi connectivity index (χ3v) is 5.87. The zero-order valence-electron chi connectivity index (χ0n) is 19.5. The standard InChI is InChI=1S/C24H43NO5/c1-5-6-7-8-9-10-11-12-13-14-20(16-22-19(4)23(27)30-22)29-24(28)21(25-17-26)15-18(2)3/h17-22H,5-16H2,1-4H3,(H,25,26)/t19?,20?,21-,22?/m0/s1. The molecule has 1 fully saturated rings. The van der Waals surface area contributed by atoms with Crippen LogP contribution in [0.15, 0.2) is 0 Å². The topological polar surface area (TPSA) is 81.7 Å². The van der Waals surface area contributed by atoms with Gasteiger partial charge in [0.1, 0.15) is 18.2 Å². The first-order valence-electron chi connectivity index (χ1n) is 12.0. The summed E-state index contributed by atoms with van der Waals surface area (Å²) in [7, 11) is 0. The molecule has 0 bridgehead atoms. The van der Waals surface area contributed by atoms with Crippen LogP contribution < -0.4 is 5.32 Å². The van der Waals surface area contributed by atoms with Crippen molar-refractivity contribution in [2.24, 2.45) is 11.8 Å². The van der Waals surface area contributed by atoms with Crippen molar-refractivity contribution in [1.82, 2.24) is 5.32 Å². The molecule has 30 heavy (non-hydrogen) atoms. The molecule has 0 aromatic heterocycles. The number of nitrogens with one attached hydrogen (secondary N) is 1. The fourth-order valence-corrected chi connectivity index (χ4v) is 3.89. The second kappa shape index (κ2) is 15.2. The number of carbonyl (C=O) groups is 3. The lowest BCUT2D eigenvalue weighted by Crippen LogP contribution is -2.46. The molecule has 174 valence electrons. The quantitative estimate of drug-likeness (QED) is 0.191. The highest BCUT2D eigenvalue weighted by Gasteiger charge is 2.40. The second-order valence-electron chi connectivity index (χ2n) is 9.14. The van der Waals surface area contributed by atoms with E-state index in [2.05, 4.69) is 12.2 Å². The molecule has 1 saturated heterocycles. The average Bonchev–Trinajstić information content (AvgIpc) is 2.71. The van der Waals surface area contributed by atoms with E-state index in [9.17, 15) is 14.4 Å². The highest BCUT2D eigenvalue weighted by molar-refractivity contribution is 5.79. The highest BCUT2D eigenvalue weighted by atomic mass is 16.6. The number of carbonyl (C=O) groups excluding carboxylic acids is 3. The molecule has 0 aromatic carbocycles. The Morgan fingerprint density at radius 1 is 1.10 bits per heavy atom. The molecule has 4 atom stereocenters. The lowest BCUT2D eigenvalue weighted by Gasteiger charge is -2.35. The Hall–Kier alpha value is -1.59. The van der Waals surface area contributed by atoms with Gasteiger partial charge >= 0.3 is 11.9 Å². The largest absolute Gasteiger partial charge is 0.461 e. The smallest absolute Gasteiger partial charge is 0.328 e. The lowest BCUT2D eigenvalue weighted by atomic mass is 9.92. The van der Waals surface area contributed by atoms with Crippen molar-refractivity contribution in [3.05, 3.63) is 0 Å². The first-order valence-corrected chi connectivity index (χ1v) is 12.0. The molecular weight excluding hydrogens is 382 g/mol. The van der Waals surface area contributed by atoms with Crippen LogP contribution in [0.1, 0.15) is 105 Å². The van der Waals surface area contributed by atoms with Crippen molar-refractivity contribution in [3.63, 3.8) is 0 Å². The Bertz CT molecular complexity index is 508. The van der Waals surface area contributed by atoms with Crippen LogP contribution in [0, 0.1) is 11.8 Å². The predicted octanol–water partition coefficient (Wildman–Crippen LogP) is 4.93. The number of hydrogen-bond donors (Lipinski definition) is 1. The molecular formula is C24H43NO5. The summed E-state index contributed by atoms with van der Waals surface area (Å²) in [6.07, 6.45) is 13.0. The van der Waals surface area contributed by atoms with E-state index in [0.717, 1.165) is 19.3 Å². The normalized spacial score (nSPS) is 20.2. The number of ether oxygens (including phenoxy) is 2. The fraction of sp³-hybridized carbons (Fsp3) is 0.875. The molecule has 1 aliphatic heterocycles. The molecule has 0 aromatic rings. The SMILES string of the molecule is CCCCCCCCCCCC(CC1OC(=O)C1C)OC(=O)[C@H](CC(C)C)NC=O.